The van der Waals surface area contributed by atoms with Crippen molar-refractivity contribution in [2.75, 3.05) is 27.2 Å². The molecule has 0 aliphatic carbocycles. The average molecular weight is 466 g/mol. The molecule has 3 heteroatoms. The Balaban J connectivity index is 3.44. The van der Waals surface area contributed by atoms with Gasteiger partial charge < -0.3 is 9.64 Å². The van der Waals surface area contributed by atoms with Crippen LogP contribution in [0.25, 0.3) is 0 Å². The van der Waals surface area contributed by atoms with Gasteiger partial charge >= 0.3 is 5.97 Å². The predicted molar refractivity (Wildman–Crippen MR) is 146 cm³/mol. The van der Waals surface area contributed by atoms with E-state index in [4.69, 9.17) is 4.74 Å². The van der Waals surface area contributed by atoms with E-state index in [1.165, 1.54) is 116 Å². The van der Waals surface area contributed by atoms with Crippen molar-refractivity contribution < 1.29 is 9.53 Å². The Bertz CT molecular complexity index is 433. The molecule has 0 saturated heterocycles. The topological polar surface area (TPSA) is 29.5 Å². The smallest absolute Gasteiger partial charge is 0.305 e. The second-order valence-electron chi connectivity index (χ2n) is 10.3. The highest BCUT2D eigenvalue weighted by Crippen LogP contribution is 2.19. The highest BCUT2D eigenvalue weighted by atomic mass is 16.5. The molecule has 0 fully saturated rings. The number of ether oxygens (including phenoxy) is 1. The Morgan fingerprint density at radius 3 is 1.70 bits per heavy atom. The molecule has 0 aromatic rings. The Morgan fingerprint density at radius 1 is 0.697 bits per heavy atom. The summed E-state index contributed by atoms with van der Waals surface area (Å²) >= 11 is 0. The highest BCUT2D eigenvalue weighted by molar-refractivity contribution is 5.69. The molecule has 0 saturated carbocycles. The maximum Gasteiger partial charge on any atom is 0.305 e. The van der Waals surface area contributed by atoms with Crippen molar-refractivity contribution in [2.45, 2.75) is 142 Å². The molecule has 0 spiro atoms. The van der Waals surface area contributed by atoms with Crippen molar-refractivity contribution in [1.82, 2.24) is 4.90 Å². The van der Waals surface area contributed by atoms with Crippen molar-refractivity contribution in [3.63, 3.8) is 0 Å². The molecule has 0 aliphatic heterocycles. The van der Waals surface area contributed by atoms with Crippen LogP contribution in [0.5, 0.6) is 0 Å². The Morgan fingerprint density at radius 2 is 1.18 bits per heavy atom. The van der Waals surface area contributed by atoms with E-state index < -0.39 is 0 Å². The van der Waals surface area contributed by atoms with E-state index in [2.05, 4.69) is 38.1 Å². The molecule has 1 unspecified atom stereocenters. The van der Waals surface area contributed by atoms with Gasteiger partial charge in [-0.05, 0) is 71.9 Å². The van der Waals surface area contributed by atoms with Crippen LogP contribution in [0.15, 0.2) is 12.2 Å². The fourth-order valence-electron chi connectivity index (χ4n) is 4.64. The normalized spacial score (nSPS) is 12.6. The molecular weight excluding hydrogens is 406 g/mol. The fraction of sp³-hybridized carbons (Fsp3) is 0.900. The first-order chi connectivity index (χ1) is 16.1. The number of carbonyl (C=O) groups is 1. The number of allylic oxidation sites excluding steroid dienone is 2. The van der Waals surface area contributed by atoms with Crippen LogP contribution in [-0.4, -0.2) is 38.1 Å². The van der Waals surface area contributed by atoms with E-state index in [0.717, 1.165) is 18.8 Å². The molecule has 0 aliphatic rings. The zero-order chi connectivity index (χ0) is 24.4. The minimum Gasteiger partial charge on any atom is -0.466 e. The number of esters is 1. The molecule has 0 aromatic carbocycles. The second-order valence-corrected chi connectivity index (χ2v) is 10.3. The highest BCUT2D eigenvalue weighted by Gasteiger charge is 2.09. The lowest BCUT2D eigenvalue weighted by atomic mass is 9.94. The summed E-state index contributed by atoms with van der Waals surface area (Å²) in [7, 11) is 4.45. The van der Waals surface area contributed by atoms with Gasteiger partial charge in [0.1, 0.15) is 0 Å². The Labute approximate surface area is 208 Å². The van der Waals surface area contributed by atoms with Crippen LogP contribution in [-0.2, 0) is 9.53 Å². The monoisotopic (exact) mass is 465 g/mol. The van der Waals surface area contributed by atoms with Gasteiger partial charge in [0, 0.05) is 13.0 Å². The minimum atomic E-state index is -0.0396. The second kappa shape index (κ2) is 25.8. The van der Waals surface area contributed by atoms with Crippen LogP contribution < -0.4 is 0 Å². The Hall–Kier alpha value is -0.830. The van der Waals surface area contributed by atoms with Gasteiger partial charge in [0.2, 0.25) is 0 Å². The molecule has 196 valence electrons. The van der Waals surface area contributed by atoms with Gasteiger partial charge in [0.15, 0.2) is 0 Å². The molecule has 0 heterocycles. The van der Waals surface area contributed by atoms with E-state index in [0.29, 0.717) is 13.0 Å². The molecule has 33 heavy (non-hydrogen) atoms. The first-order valence-corrected chi connectivity index (χ1v) is 14.5. The summed E-state index contributed by atoms with van der Waals surface area (Å²) in [5.41, 5.74) is 0. The molecule has 0 bridgehead atoms. The van der Waals surface area contributed by atoms with Crippen LogP contribution in [0, 0.1) is 5.92 Å². The summed E-state index contributed by atoms with van der Waals surface area (Å²) < 4.78 is 4.95. The third-order valence-corrected chi connectivity index (χ3v) is 6.55. The third kappa shape index (κ3) is 25.6. The molecule has 0 radical (unpaired) electrons. The molecule has 0 N–H and O–H groups in total. The van der Waals surface area contributed by atoms with Gasteiger partial charge in [-0.3, -0.25) is 4.79 Å². The number of carbonyl (C=O) groups excluding carboxylic acids is 1. The van der Waals surface area contributed by atoms with E-state index in [9.17, 15) is 4.79 Å². The Kier molecular flexibility index (Phi) is 25.1. The summed E-state index contributed by atoms with van der Waals surface area (Å²) in [6, 6.07) is 0. The lowest BCUT2D eigenvalue weighted by Crippen LogP contribution is -2.21. The zero-order valence-electron chi connectivity index (χ0n) is 23.1. The first kappa shape index (κ1) is 32.2. The molecule has 0 amide bonds. The number of unbranched alkanes of at least 4 members (excludes halogenated alkanes) is 14. The van der Waals surface area contributed by atoms with Crippen molar-refractivity contribution in [3.8, 4) is 0 Å². The molecule has 3 nitrogen and oxygen atoms in total. The number of rotatable bonds is 25. The quantitative estimate of drug-likeness (QED) is 0.0764. The summed E-state index contributed by atoms with van der Waals surface area (Å²) in [6.07, 6.45) is 30.6. The van der Waals surface area contributed by atoms with Crippen LogP contribution in [0.4, 0.5) is 0 Å². The van der Waals surface area contributed by atoms with Crippen molar-refractivity contribution in [3.05, 3.63) is 12.2 Å². The van der Waals surface area contributed by atoms with Gasteiger partial charge in [-0.1, -0.05) is 96.1 Å². The van der Waals surface area contributed by atoms with Gasteiger partial charge in [0.25, 0.3) is 0 Å². The number of hydrogen-bond acceptors (Lipinski definition) is 3. The SMILES string of the molecule is CCCCCCC(CCCCCCCC/C=C\CCCCCCCC(=O)OCC)CN(C)C. The van der Waals surface area contributed by atoms with E-state index in [-0.39, 0.29) is 5.97 Å². The van der Waals surface area contributed by atoms with E-state index in [1.807, 2.05) is 6.92 Å². The maximum absolute atomic E-state index is 11.3. The standard InChI is InChI=1S/C30H59NO2/c1-5-7-8-22-25-29(28-31(3)4)26-23-20-18-16-14-12-10-9-11-13-15-17-19-21-24-27-30(32)33-6-2/h9,11,29H,5-8,10,12-28H2,1-4H3/b11-9-. The van der Waals surface area contributed by atoms with Crippen molar-refractivity contribution in [2.24, 2.45) is 5.92 Å². The number of nitrogens with zero attached hydrogens (tertiary/aromatic N) is 1. The summed E-state index contributed by atoms with van der Waals surface area (Å²) in [4.78, 5) is 13.6. The van der Waals surface area contributed by atoms with Crippen molar-refractivity contribution in [1.29, 1.82) is 0 Å². The van der Waals surface area contributed by atoms with Gasteiger partial charge in [0.05, 0.1) is 6.61 Å². The lowest BCUT2D eigenvalue weighted by Gasteiger charge is -2.21. The zero-order valence-corrected chi connectivity index (χ0v) is 23.1. The fourth-order valence-corrected chi connectivity index (χ4v) is 4.64. The molecule has 0 rings (SSSR count). The van der Waals surface area contributed by atoms with Gasteiger partial charge in [-0.15, -0.1) is 0 Å². The minimum absolute atomic E-state index is 0.0396. The summed E-state index contributed by atoms with van der Waals surface area (Å²) in [5.74, 6) is 0.869. The first-order valence-electron chi connectivity index (χ1n) is 14.5. The van der Waals surface area contributed by atoms with E-state index in [1.54, 1.807) is 0 Å². The van der Waals surface area contributed by atoms with Crippen LogP contribution in [0.2, 0.25) is 0 Å². The predicted octanol–water partition coefficient (Wildman–Crippen LogP) is 9.11. The molecule has 0 aromatic heterocycles. The number of hydrogen-bond donors (Lipinski definition) is 0. The summed E-state index contributed by atoms with van der Waals surface area (Å²) in [6.45, 7) is 5.94. The molecular formula is C30H59NO2. The van der Waals surface area contributed by atoms with Crippen LogP contribution in [0.3, 0.4) is 0 Å². The van der Waals surface area contributed by atoms with Crippen LogP contribution in [0.1, 0.15) is 142 Å². The largest absolute Gasteiger partial charge is 0.466 e. The third-order valence-electron chi connectivity index (χ3n) is 6.55. The van der Waals surface area contributed by atoms with Gasteiger partial charge in [-0.25, -0.2) is 0 Å². The van der Waals surface area contributed by atoms with Crippen molar-refractivity contribution >= 4 is 5.97 Å². The van der Waals surface area contributed by atoms with Gasteiger partial charge in [-0.2, -0.15) is 0 Å². The lowest BCUT2D eigenvalue weighted by molar-refractivity contribution is -0.143. The summed E-state index contributed by atoms with van der Waals surface area (Å²) in [5, 5.41) is 0. The van der Waals surface area contributed by atoms with Crippen LogP contribution >= 0.6 is 0 Å². The molecule has 1 atom stereocenters. The van der Waals surface area contributed by atoms with E-state index >= 15 is 0 Å². The maximum atomic E-state index is 11.3. The average Bonchev–Trinajstić information content (AvgIpc) is 2.78.